The summed E-state index contributed by atoms with van der Waals surface area (Å²) >= 11 is 0. The average Bonchev–Trinajstić information content (AvgIpc) is 2.43. The van der Waals surface area contributed by atoms with Crippen LogP contribution in [0.25, 0.3) is 0 Å². The first-order chi connectivity index (χ1) is 9.72. The van der Waals surface area contributed by atoms with E-state index < -0.39 is 15.6 Å². The molecule has 0 heterocycles. The summed E-state index contributed by atoms with van der Waals surface area (Å²) in [5, 5.41) is 10.5. The monoisotopic (exact) mass is 311 g/mol. The van der Waals surface area contributed by atoms with Crippen LogP contribution < -0.4 is 4.72 Å². The third kappa shape index (κ3) is 4.05. The molecule has 1 fully saturated rings. The Hall–Kier alpha value is -0.910. The number of aryl methyl sites for hydroxylation is 2. The molecule has 0 radical (unpaired) electrons. The van der Waals surface area contributed by atoms with Crippen molar-refractivity contribution in [2.75, 3.05) is 6.54 Å². The van der Waals surface area contributed by atoms with Gasteiger partial charge in [0.2, 0.25) is 10.0 Å². The lowest BCUT2D eigenvalue weighted by molar-refractivity contribution is -0.00183. The number of rotatable bonds is 4. The number of hydrogen-bond donors (Lipinski definition) is 2. The van der Waals surface area contributed by atoms with Crippen LogP contribution >= 0.6 is 0 Å². The molecule has 1 aromatic carbocycles. The molecule has 0 unspecified atom stereocenters. The minimum absolute atomic E-state index is 0.0927. The molecule has 21 heavy (non-hydrogen) atoms. The van der Waals surface area contributed by atoms with Crippen LogP contribution in [0.1, 0.15) is 43.7 Å². The van der Waals surface area contributed by atoms with Gasteiger partial charge in [-0.1, -0.05) is 19.1 Å². The van der Waals surface area contributed by atoms with Crippen LogP contribution in [0.5, 0.6) is 0 Å². The Morgan fingerprint density at radius 3 is 2.52 bits per heavy atom. The first-order valence-electron chi connectivity index (χ1n) is 7.51. The zero-order valence-electron chi connectivity index (χ0n) is 13.0. The van der Waals surface area contributed by atoms with Crippen molar-refractivity contribution >= 4 is 10.0 Å². The first kappa shape index (κ1) is 16.5. The first-order valence-corrected chi connectivity index (χ1v) is 8.99. The smallest absolute Gasteiger partial charge is 0.240 e. The van der Waals surface area contributed by atoms with Crippen LogP contribution in [-0.2, 0) is 10.0 Å². The second kappa shape index (κ2) is 6.07. The molecule has 1 aliphatic rings. The second-order valence-electron chi connectivity index (χ2n) is 6.50. The van der Waals surface area contributed by atoms with Gasteiger partial charge in [-0.05, 0) is 62.6 Å². The molecular weight excluding hydrogens is 286 g/mol. The van der Waals surface area contributed by atoms with Gasteiger partial charge in [-0.15, -0.1) is 0 Å². The highest BCUT2D eigenvalue weighted by molar-refractivity contribution is 7.89. The van der Waals surface area contributed by atoms with Crippen LogP contribution in [0.4, 0.5) is 0 Å². The van der Waals surface area contributed by atoms with Gasteiger partial charge in [0.05, 0.1) is 10.5 Å². The molecule has 0 atom stereocenters. The third-order valence-corrected chi connectivity index (χ3v) is 5.97. The van der Waals surface area contributed by atoms with Gasteiger partial charge in [0.1, 0.15) is 0 Å². The summed E-state index contributed by atoms with van der Waals surface area (Å²) < 4.78 is 27.5. The van der Waals surface area contributed by atoms with E-state index in [9.17, 15) is 13.5 Å². The summed E-state index contributed by atoms with van der Waals surface area (Å²) in [6, 6.07) is 5.37. The number of sulfonamides is 1. The third-order valence-electron chi connectivity index (χ3n) is 4.43. The predicted octanol–water partition coefficient (Wildman–Crippen LogP) is 2.52. The molecule has 5 heteroatoms. The van der Waals surface area contributed by atoms with Gasteiger partial charge in [0.25, 0.3) is 0 Å². The zero-order chi connectivity index (χ0) is 15.7. The van der Waals surface area contributed by atoms with Gasteiger partial charge in [-0.2, -0.15) is 0 Å². The minimum Gasteiger partial charge on any atom is -0.389 e. The molecule has 1 aliphatic carbocycles. The van der Waals surface area contributed by atoms with Crippen molar-refractivity contribution in [3.05, 3.63) is 29.3 Å². The number of benzene rings is 1. The summed E-state index contributed by atoms with van der Waals surface area (Å²) in [6.07, 6.45) is 3.20. The largest absolute Gasteiger partial charge is 0.389 e. The van der Waals surface area contributed by atoms with Crippen LogP contribution in [0.3, 0.4) is 0 Å². The van der Waals surface area contributed by atoms with Crippen molar-refractivity contribution in [1.29, 1.82) is 0 Å². The van der Waals surface area contributed by atoms with Crippen molar-refractivity contribution in [1.82, 2.24) is 4.72 Å². The van der Waals surface area contributed by atoms with Crippen LogP contribution in [-0.4, -0.2) is 25.7 Å². The fourth-order valence-corrected chi connectivity index (χ4v) is 4.23. The predicted molar refractivity (Wildman–Crippen MR) is 83.7 cm³/mol. The maximum Gasteiger partial charge on any atom is 0.240 e. The Morgan fingerprint density at radius 2 is 1.90 bits per heavy atom. The normalized spacial score (nSPS) is 26.8. The van der Waals surface area contributed by atoms with Gasteiger partial charge < -0.3 is 5.11 Å². The van der Waals surface area contributed by atoms with E-state index in [1.54, 1.807) is 19.1 Å². The Labute approximate surface area is 127 Å². The standard InChI is InChI=1S/C16H25NO3S/c1-12-6-8-16(18,9-7-12)11-17-21(19,20)15-10-13(2)4-5-14(15)3/h4-5,10,12,17-18H,6-9,11H2,1-3H3. The Balaban J connectivity index is 2.09. The molecule has 0 aromatic heterocycles. The lowest BCUT2D eigenvalue weighted by Gasteiger charge is -2.34. The van der Waals surface area contributed by atoms with Crippen molar-refractivity contribution in [2.45, 2.75) is 57.0 Å². The number of aliphatic hydroxyl groups is 1. The average molecular weight is 311 g/mol. The van der Waals surface area contributed by atoms with Gasteiger partial charge in [0, 0.05) is 6.54 Å². The lowest BCUT2D eigenvalue weighted by Crippen LogP contribution is -2.45. The second-order valence-corrected chi connectivity index (χ2v) is 8.24. The molecule has 2 rings (SSSR count). The van der Waals surface area contributed by atoms with Gasteiger partial charge in [-0.25, -0.2) is 13.1 Å². The topological polar surface area (TPSA) is 66.4 Å². The molecule has 1 aromatic rings. The summed E-state index contributed by atoms with van der Waals surface area (Å²) in [4.78, 5) is 0.301. The van der Waals surface area contributed by atoms with Crippen LogP contribution in [0, 0.1) is 19.8 Å². The van der Waals surface area contributed by atoms with E-state index >= 15 is 0 Å². The highest BCUT2D eigenvalue weighted by atomic mass is 32.2. The van der Waals surface area contributed by atoms with Gasteiger partial charge >= 0.3 is 0 Å². The maximum absolute atomic E-state index is 12.4. The van der Waals surface area contributed by atoms with E-state index in [-0.39, 0.29) is 6.54 Å². The fraction of sp³-hybridized carbons (Fsp3) is 0.625. The number of hydrogen-bond acceptors (Lipinski definition) is 3. The van der Waals surface area contributed by atoms with E-state index in [0.717, 1.165) is 24.0 Å². The Bertz CT molecular complexity index is 602. The van der Waals surface area contributed by atoms with Crippen molar-refractivity contribution in [2.24, 2.45) is 5.92 Å². The molecule has 0 aliphatic heterocycles. The molecular formula is C16H25NO3S. The van der Waals surface area contributed by atoms with E-state index in [1.165, 1.54) is 0 Å². The van der Waals surface area contributed by atoms with Crippen LogP contribution in [0.2, 0.25) is 0 Å². The zero-order valence-corrected chi connectivity index (χ0v) is 13.8. The van der Waals surface area contributed by atoms with Gasteiger partial charge in [0.15, 0.2) is 0 Å². The molecule has 2 N–H and O–H groups in total. The lowest BCUT2D eigenvalue weighted by atomic mass is 9.80. The van der Waals surface area contributed by atoms with Crippen molar-refractivity contribution in [3.8, 4) is 0 Å². The molecule has 0 saturated heterocycles. The Morgan fingerprint density at radius 1 is 1.29 bits per heavy atom. The van der Waals surface area contributed by atoms with E-state index in [1.807, 2.05) is 13.0 Å². The Kier molecular flexibility index (Phi) is 4.76. The van der Waals surface area contributed by atoms with E-state index in [2.05, 4.69) is 11.6 Å². The molecule has 118 valence electrons. The fourth-order valence-electron chi connectivity index (χ4n) is 2.78. The quantitative estimate of drug-likeness (QED) is 0.898. The van der Waals surface area contributed by atoms with Crippen molar-refractivity contribution < 1.29 is 13.5 Å². The molecule has 1 saturated carbocycles. The van der Waals surface area contributed by atoms with Gasteiger partial charge in [-0.3, -0.25) is 0 Å². The highest BCUT2D eigenvalue weighted by Gasteiger charge is 2.33. The maximum atomic E-state index is 12.4. The summed E-state index contributed by atoms with van der Waals surface area (Å²) in [6.45, 7) is 5.91. The summed E-state index contributed by atoms with van der Waals surface area (Å²) in [7, 11) is -3.57. The molecule has 0 spiro atoms. The van der Waals surface area contributed by atoms with Crippen molar-refractivity contribution in [3.63, 3.8) is 0 Å². The highest BCUT2D eigenvalue weighted by Crippen LogP contribution is 2.31. The van der Waals surface area contributed by atoms with E-state index in [0.29, 0.717) is 23.7 Å². The SMILES string of the molecule is Cc1ccc(C)c(S(=O)(=O)NCC2(O)CCC(C)CC2)c1. The summed E-state index contributed by atoms with van der Waals surface area (Å²) in [5.74, 6) is 0.612. The molecule has 0 amide bonds. The van der Waals surface area contributed by atoms with E-state index in [4.69, 9.17) is 0 Å². The molecule has 0 bridgehead atoms. The number of nitrogens with one attached hydrogen (secondary N) is 1. The van der Waals surface area contributed by atoms with Crippen LogP contribution in [0.15, 0.2) is 23.1 Å². The summed E-state index contributed by atoms with van der Waals surface area (Å²) in [5.41, 5.74) is 0.723. The molecule has 4 nitrogen and oxygen atoms in total. The minimum atomic E-state index is -3.57.